The van der Waals surface area contributed by atoms with E-state index in [-0.39, 0.29) is 6.71 Å². The summed E-state index contributed by atoms with van der Waals surface area (Å²) >= 11 is 0. The topological polar surface area (TPSA) is 25.8 Å². The molecule has 0 saturated carbocycles. The standard InChI is InChI=1S/C45H31BN6/c1-28-42(46-23-26-47(27-24-46)30-12-4-3-5-13-30)29(2)52-45-40-37(19-10-20-39(40)51(28)52)49-35-17-8-6-14-31(35)33-21-22-38(41(45)43(33)49)50-36-18-9-7-15-32(36)34-16-11-25-48(45)44(34)50/h3-27H,1-2H3/q+2. The van der Waals surface area contributed by atoms with Crippen LogP contribution in [0.3, 0.4) is 0 Å². The molecule has 4 aliphatic heterocycles. The van der Waals surface area contributed by atoms with Gasteiger partial charge >= 0.3 is 11.3 Å². The number of para-hydroxylation sites is 3. The molecule has 0 radical (unpaired) electrons. The van der Waals surface area contributed by atoms with E-state index in [4.69, 9.17) is 0 Å². The number of aromatic nitrogens is 5. The van der Waals surface area contributed by atoms with Gasteiger partial charge in [0, 0.05) is 34.2 Å². The average molecular weight is 667 g/mol. The summed E-state index contributed by atoms with van der Waals surface area (Å²) in [5, 5.41) is 5.11. The molecule has 4 aromatic heterocycles. The minimum atomic E-state index is -0.666. The van der Waals surface area contributed by atoms with Crippen LogP contribution in [-0.4, -0.2) is 20.5 Å². The van der Waals surface area contributed by atoms with Crippen molar-refractivity contribution in [3.63, 3.8) is 0 Å². The summed E-state index contributed by atoms with van der Waals surface area (Å²) < 4.78 is 12.9. The van der Waals surface area contributed by atoms with Gasteiger partial charge in [0.1, 0.15) is 22.3 Å². The molecule has 52 heavy (non-hydrogen) atoms. The Morgan fingerprint density at radius 1 is 0.577 bits per heavy atom. The SMILES string of the molecule is Cc1c(B2C=CN(c3ccccc3)C=C2)c(C)[n+]2n1-c1cccc3c1C21c2c(ccc4c5ccccc5n-3c24)-n2c3ccccc3c3ccc[n+]1c32. The molecule has 1 atom stereocenters. The zero-order chi connectivity index (χ0) is 34.0. The first-order valence-electron chi connectivity index (χ1n) is 18.2. The monoisotopic (exact) mass is 666 g/mol. The number of nitrogens with zero attached hydrogens (tertiary/aromatic N) is 6. The zero-order valence-electron chi connectivity index (χ0n) is 28.7. The lowest BCUT2D eigenvalue weighted by molar-refractivity contribution is -0.989. The van der Waals surface area contributed by atoms with Crippen molar-refractivity contribution in [1.82, 2.24) is 13.8 Å². The third kappa shape index (κ3) is 2.82. The second kappa shape index (κ2) is 9.00. The van der Waals surface area contributed by atoms with Crippen molar-refractivity contribution >= 4 is 61.6 Å². The van der Waals surface area contributed by atoms with Crippen molar-refractivity contribution in [3.8, 4) is 17.1 Å². The first-order chi connectivity index (χ1) is 25.7. The molecule has 0 saturated heterocycles. The Kier molecular flexibility index (Phi) is 4.70. The van der Waals surface area contributed by atoms with Gasteiger partial charge in [-0.2, -0.15) is 9.13 Å². The van der Waals surface area contributed by atoms with Gasteiger partial charge in [0.15, 0.2) is 5.69 Å². The van der Waals surface area contributed by atoms with E-state index in [1.165, 1.54) is 88.8 Å². The smallest absolute Gasteiger partial charge is 0.326 e. The normalized spacial score (nSPS) is 17.3. The highest BCUT2D eigenvalue weighted by Crippen LogP contribution is 2.53. The third-order valence-electron chi connectivity index (χ3n) is 12.4. The Morgan fingerprint density at radius 3 is 2.06 bits per heavy atom. The Labute approximate surface area is 299 Å². The molecule has 5 aromatic carbocycles. The van der Waals surface area contributed by atoms with E-state index in [2.05, 4.69) is 194 Å². The van der Waals surface area contributed by atoms with E-state index in [1.807, 2.05) is 0 Å². The van der Waals surface area contributed by atoms with Gasteiger partial charge < -0.3 is 9.47 Å². The van der Waals surface area contributed by atoms with Crippen LogP contribution in [-0.2, 0) is 5.66 Å². The highest BCUT2D eigenvalue weighted by atomic mass is 15.5. The van der Waals surface area contributed by atoms with Crippen LogP contribution in [0.15, 0.2) is 152 Å². The number of fused-ring (bicyclic) bond motifs is 10. The van der Waals surface area contributed by atoms with Crippen LogP contribution in [0.4, 0.5) is 5.69 Å². The van der Waals surface area contributed by atoms with Crippen LogP contribution in [0.25, 0.3) is 60.8 Å². The fourth-order valence-corrected chi connectivity index (χ4v) is 10.6. The molecule has 242 valence electrons. The number of anilines is 1. The fraction of sp³-hybridized carbons (Fsp3) is 0.0667. The maximum atomic E-state index is 2.65. The van der Waals surface area contributed by atoms with Gasteiger partial charge in [-0.15, -0.1) is 4.68 Å². The quantitative estimate of drug-likeness (QED) is 0.139. The molecule has 0 aliphatic carbocycles. The molecule has 0 bridgehead atoms. The van der Waals surface area contributed by atoms with Crippen molar-refractivity contribution in [2.24, 2.45) is 0 Å². The van der Waals surface area contributed by atoms with Crippen LogP contribution in [0.2, 0.25) is 0 Å². The number of hydrogen-bond acceptors (Lipinski definition) is 1. The molecule has 0 fully saturated rings. The van der Waals surface area contributed by atoms with E-state index in [0.29, 0.717) is 0 Å². The predicted molar refractivity (Wildman–Crippen MR) is 208 cm³/mol. The Balaban J connectivity index is 1.20. The van der Waals surface area contributed by atoms with E-state index in [9.17, 15) is 0 Å². The summed E-state index contributed by atoms with van der Waals surface area (Å²) in [5.41, 5.74) is 15.8. The van der Waals surface area contributed by atoms with Gasteiger partial charge in [-0.1, -0.05) is 71.2 Å². The van der Waals surface area contributed by atoms with Crippen LogP contribution in [0.1, 0.15) is 22.5 Å². The molecular formula is C45H31BN6+2. The zero-order valence-corrected chi connectivity index (χ0v) is 28.7. The Morgan fingerprint density at radius 2 is 1.25 bits per heavy atom. The third-order valence-corrected chi connectivity index (χ3v) is 12.4. The Bertz CT molecular complexity index is 3160. The lowest BCUT2D eigenvalue weighted by Crippen LogP contribution is -2.77. The maximum Gasteiger partial charge on any atom is 0.394 e. The summed E-state index contributed by atoms with van der Waals surface area (Å²) in [4.78, 5) is 2.21. The number of hydrogen-bond donors (Lipinski definition) is 0. The van der Waals surface area contributed by atoms with Crippen LogP contribution < -0.4 is 19.6 Å². The van der Waals surface area contributed by atoms with Crippen molar-refractivity contribution in [2.75, 3.05) is 4.90 Å². The Hall–Kier alpha value is -6.60. The van der Waals surface area contributed by atoms with E-state index >= 15 is 0 Å². The first kappa shape index (κ1) is 27.2. The summed E-state index contributed by atoms with van der Waals surface area (Å²) in [6.07, 6.45) is 6.78. The summed E-state index contributed by atoms with van der Waals surface area (Å²) in [7, 11) is 0. The number of pyridine rings is 1. The molecule has 13 rings (SSSR count). The molecule has 4 aliphatic rings. The summed E-state index contributed by atoms with van der Waals surface area (Å²) in [6, 6.07) is 44.7. The minimum Gasteiger partial charge on any atom is -0.326 e. The van der Waals surface area contributed by atoms with Gasteiger partial charge in [0.2, 0.25) is 12.4 Å². The fourth-order valence-electron chi connectivity index (χ4n) is 10.6. The maximum absolute atomic E-state index is 2.65. The van der Waals surface area contributed by atoms with Gasteiger partial charge in [-0.25, -0.2) is 0 Å². The number of benzene rings is 5. The molecule has 0 N–H and O–H groups in total. The van der Waals surface area contributed by atoms with Crippen molar-refractivity contribution in [2.45, 2.75) is 19.5 Å². The van der Waals surface area contributed by atoms with Crippen LogP contribution >= 0.6 is 0 Å². The van der Waals surface area contributed by atoms with E-state index < -0.39 is 5.66 Å². The van der Waals surface area contributed by atoms with Gasteiger partial charge in [-0.3, -0.25) is 0 Å². The highest BCUT2D eigenvalue weighted by molar-refractivity contribution is 6.83. The second-order valence-electron chi connectivity index (χ2n) is 14.7. The van der Waals surface area contributed by atoms with Crippen molar-refractivity contribution in [1.29, 1.82) is 0 Å². The second-order valence-corrected chi connectivity index (χ2v) is 14.7. The van der Waals surface area contributed by atoms with Crippen LogP contribution in [0.5, 0.6) is 0 Å². The van der Waals surface area contributed by atoms with Crippen LogP contribution in [0, 0.1) is 13.8 Å². The lowest BCUT2D eigenvalue weighted by atomic mass is 9.44. The largest absolute Gasteiger partial charge is 0.394 e. The average Bonchev–Trinajstić information content (AvgIpc) is 3.90. The van der Waals surface area contributed by atoms with E-state index in [1.54, 1.807) is 0 Å². The summed E-state index contributed by atoms with van der Waals surface area (Å²) in [5.74, 6) is 4.70. The molecule has 1 spiro atoms. The molecular weight excluding hydrogens is 635 g/mol. The van der Waals surface area contributed by atoms with Gasteiger partial charge in [0.05, 0.1) is 34.0 Å². The molecule has 1 unspecified atom stereocenters. The van der Waals surface area contributed by atoms with Crippen molar-refractivity contribution < 1.29 is 9.25 Å². The predicted octanol–water partition coefficient (Wildman–Crippen LogP) is 7.43. The van der Waals surface area contributed by atoms with Crippen molar-refractivity contribution in [3.05, 3.63) is 174 Å². The highest BCUT2D eigenvalue weighted by Gasteiger charge is 2.69. The molecule has 0 amide bonds. The van der Waals surface area contributed by atoms with E-state index in [0.717, 1.165) is 5.69 Å². The molecule has 8 heterocycles. The van der Waals surface area contributed by atoms with Gasteiger partial charge in [-0.05, 0) is 86.1 Å². The molecule has 6 nitrogen and oxygen atoms in total. The lowest BCUT2D eigenvalue weighted by Gasteiger charge is -2.33. The summed E-state index contributed by atoms with van der Waals surface area (Å²) in [6.45, 7) is 4.80. The molecule has 9 aromatic rings. The minimum absolute atomic E-state index is 0.134. The van der Waals surface area contributed by atoms with Gasteiger partial charge in [0.25, 0.3) is 0 Å². The number of rotatable bonds is 2. The first-order valence-corrected chi connectivity index (χ1v) is 18.2. The molecule has 7 heteroatoms.